The summed E-state index contributed by atoms with van der Waals surface area (Å²) < 4.78 is 0. The number of aryl methyl sites for hydroxylation is 1. The monoisotopic (exact) mass is 399 g/mol. The fourth-order valence-corrected chi connectivity index (χ4v) is 4.56. The molecule has 0 radical (unpaired) electrons. The van der Waals surface area contributed by atoms with E-state index in [4.69, 9.17) is 4.98 Å². The minimum absolute atomic E-state index is 0.0817. The maximum atomic E-state index is 12.6. The number of carbonyl (C=O) groups is 2. The van der Waals surface area contributed by atoms with E-state index in [9.17, 15) is 9.59 Å². The van der Waals surface area contributed by atoms with E-state index >= 15 is 0 Å². The first-order chi connectivity index (χ1) is 13.6. The van der Waals surface area contributed by atoms with Gasteiger partial charge in [0, 0.05) is 43.8 Å². The Bertz CT molecular complexity index is 810. The molecule has 6 heteroatoms. The van der Waals surface area contributed by atoms with Crippen molar-refractivity contribution >= 4 is 23.2 Å². The number of thiazole rings is 1. The molecule has 1 aliphatic heterocycles. The van der Waals surface area contributed by atoms with Crippen LogP contribution in [0.5, 0.6) is 0 Å². The lowest BCUT2D eigenvalue weighted by atomic mass is 9.96. The molecule has 0 spiro atoms. The molecule has 2 heterocycles. The zero-order valence-electron chi connectivity index (χ0n) is 16.7. The van der Waals surface area contributed by atoms with Crippen LogP contribution in [-0.4, -0.2) is 41.3 Å². The summed E-state index contributed by atoms with van der Waals surface area (Å²) in [7, 11) is 0. The van der Waals surface area contributed by atoms with Gasteiger partial charge in [0.05, 0.1) is 17.1 Å². The van der Waals surface area contributed by atoms with Crippen molar-refractivity contribution < 1.29 is 9.59 Å². The number of benzene rings is 1. The van der Waals surface area contributed by atoms with E-state index in [1.165, 1.54) is 10.6 Å². The van der Waals surface area contributed by atoms with Crippen molar-refractivity contribution in [3.05, 3.63) is 51.5 Å². The highest BCUT2D eigenvalue weighted by molar-refractivity contribution is 7.09. The van der Waals surface area contributed by atoms with E-state index in [-0.39, 0.29) is 11.8 Å². The molecule has 2 aromatic rings. The SMILES string of the molecule is CCC(=O)NCCc1csc(C2CCN(C(=O)Cc3ccccc3C)CC2)n1. The van der Waals surface area contributed by atoms with Gasteiger partial charge in [-0.1, -0.05) is 31.2 Å². The molecule has 150 valence electrons. The predicted molar refractivity (Wildman–Crippen MR) is 113 cm³/mol. The van der Waals surface area contributed by atoms with Gasteiger partial charge >= 0.3 is 0 Å². The van der Waals surface area contributed by atoms with Crippen molar-refractivity contribution in [2.75, 3.05) is 19.6 Å². The van der Waals surface area contributed by atoms with E-state index in [2.05, 4.69) is 23.7 Å². The maximum absolute atomic E-state index is 12.6. The van der Waals surface area contributed by atoms with E-state index < -0.39 is 0 Å². The Morgan fingerprint density at radius 3 is 2.71 bits per heavy atom. The van der Waals surface area contributed by atoms with Gasteiger partial charge in [-0.25, -0.2) is 4.98 Å². The molecule has 0 bridgehead atoms. The lowest BCUT2D eigenvalue weighted by Crippen LogP contribution is -2.38. The number of nitrogens with one attached hydrogen (secondary N) is 1. The number of nitrogens with zero attached hydrogens (tertiary/aromatic N) is 2. The molecule has 1 N–H and O–H groups in total. The largest absolute Gasteiger partial charge is 0.356 e. The summed E-state index contributed by atoms with van der Waals surface area (Å²) in [6, 6.07) is 8.10. The predicted octanol–water partition coefficient (Wildman–Crippen LogP) is 3.47. The van der Waals surface area contributed by atoms with Crippen molar-refractivity contribution in [1.82, 2.24) is 15.2 Å². The van der Waals surface area contributed by atoms with Crippen LogP contribution in [0.4, 0.5) is 0 Å². The highest BCUT2D eigenvalue weighted by atomic mass is 32.1. The zero-order chi connectivity index (χ0) is 19.9. The van der Waals surface area contributed by atoms with Gasteiger partial charge < -0.3 is 10.2 Å². The third-order valence-corrected chi connectivity index (χ3v) is 6.45. The van der Waals surface area contributed by atoms with Gasteiger partial charge in [0.1, 0.15) is 0 Å². The second kappa shape index (κ2) is 9.82. The number of hydrogen-bond donors (Lipinski definition) is 1. The molecule has 1 saturated heterocycles. The van der Waals surface area contributed by atoms with Gasteiger partial charge in [-0.3, -0.25) is 9.59 Å². The Kier molecular flexibility index (Phi) is 7.20. The standard InChI is InChI=1S/C22H29N3O2S/c1-3-20(26)23-11-8-19-15-28-22(24-19)17-9-12-25(13-10-17)21(27)14-18-7-5-4-6-16(18)2/h4-7,15,17H,3,8-14H2,1-2H3,(H,23,26). The highest BCUT2D eigenvalue weighted by Gasteiger charge is 2.25. The summed E-state index contributed by atoms with van der Waals surface area (Å²) in [5.41, 5.74) is 3.35. The molecule has 1 aromatic carbocycles. The summed E-state index contributed by atoms with van der Waals surface area (Å²) in [4.78, 5) is 30.7. The molecule has 5 nitrogen and oxygen atoms in total. The Morgan fingerprint density at radius 1 is 1.25 bits per heavy atom. The Morgan fingerprint density at radius 2 is 2.00 bits per heavy atom. The Labute approximate surface area is 171 Å². The van der Waals surface area contributed by atoms with E-state index in [0.29, 0.717) is 25.3 Å². The summed E-state index contributed by atoms with van der Waals surface area (Å²) >= 11 is 1.71. The number of hydrogen-bond acceptors (Lipinski definition) is 4. The number of rotatable bonds is 7. The molecule has 0 unspecified atom stereocenters. The van der Waals surface area contributed by atoms with Crippen molar-refractivity contribution in [1.29, 1.82) is 0 Å². The van der Waals surface area contributed by atoms with E-state index in [0.717, 1.165) is 43.6 Å². The molecule has 0 aliphatic carbocycles. The number of carbonyl (C=O) groups excluding carboxylic acids is 2. The zero-order valence-corrected chi connectivity index (χ0v) is 17.6. The number of piperidine rings is 1. The van der Waals surface area contributed by atoms with Crippen LogP contribution in [0, 0.1) is 6.92 Å². The topological polar surface area (TPSA) is 62.3 Å². The van der Waals surface area contributed by atoms with Crippen LogP contribution >= 0.6 is 11.3 Å². The van der Waals surface area contributed by atoms with Gasteiger partial charge in [0.25, 0.3) is 0 Å². The van der Waals surface area contributed by atoms with Crippen molar-refractivity contribution in [2.45, 2.75) is 51.9 Å². The Hall–Kier alpha value is -2.21. The molecule has 2 amide bonds. The fourth-order valence-electron chi connectivity index (χ4n) is 3.54. The summed E-state index contributed by atoms with van der Waals surface area (Å²) in [6.45, 7) is 6.16. The van der Waals surface area contributed by atoms with E-state index in [1.807, 2.05) is 30.0 Å². The van der Waals surface area contributed by atoms with Crippen LogP contribution in [0.1, 0.15) is 53.9 Å². The van der Waals surface area contributed by atoms with Gasteiger partial charge in [-0.15, -0.1) is 11.3 Å². The molecule has 1 fully saturated rings. The average molecular weight is 400 g/mol. The lowest BCUT2D eigenvalue weighted by Gasteiger charge is -2.31. The van der Waals surface area contributed by atoms with Crippen LogP contribution in [0.25, 0.3) is 0 Å². The molecule has 3 rings (SSSR count). The van der Waals surface area contributed by atoms with Crippen LogP contribution in [0.3, 0.4) is 0 Å². The van der Waals surface area contributed by atoms with Crippen LogP contribution < -0.4 is 5.32 Å². The van der Waals surface area contributed by atoms with Gasteiger partial charge in [0.15, 0.2) is 0 Å². The summed E-state index contributed by atoms with van der Waals surface area (Å²) in [5, 5.41) is 6.16. The summed E-state index contributed by atoms with van der Waals surface area (Å²) in [5.74, 6) is 0.740. The van der Waals surface area contributed by atoms with Gasteiger partial charge in [-0.05, 0) is 30.9 Å². The smallest absolute Gasteiger partial charge is 0.226 e. The quantitative estimate of drug-likeness (QED) is 0.775. The van der Waals surface area contributed by atoms with Crippen LogP contribution in [-0.2, 0) is 22.4 Å². The van der Waals surface area contributed by atoms with Crippen molar-refractivity contribution in [3.8, 4) is 0 Å². The second-order valence-electron chi connectivity index (χ2n) is 7.39. The third-order valence-electron chi connectivity index (χ3n) is 5.39. The normalized spacial score (nSPS) is 14.9. The second-order valence-corrected chi connectivity index (χ2v) is 8.28. The van der Waals surface area contributed by atoms with E-state index in [1.54, 1.807) is 11.3 Å². The summed E-state index contributed by atoms with van der Waals surface area (Å²) in [6.07, 6.45) is 3.72. The first-order valence-corrected chi connectivity index (χ1v) is 11.0. The molecular formula is C22H29N3O2S. The number of aromatic nitrogens is 1. The fraction of sp³-hybridized carbons (Fsp3) is 0.500. The minimum Gasteiger partial charge on any atom is -0.356 e. The van der Waals surface area contributed by atoms with Gasteiger partial charge in [-0.2, -0.15) is 0 Å². The maximum Gasteiger partial charge on any atom is 0.226 e. The molecule has 28 heavy (non-hydrogen) atoms. The van der Waals surface area contributed by atoms with Crippen molar-refractivity contribution in [2.24, 2.45) is 0 Å². The average Bonchev–Trinajstić information content (AvgIpc) is 3.18. The number of amides is 2. The van der Waals surface area contributed by atoms with Crippen molar-refractivity contribution in [3.63, 3.8) is 0 Å². The first kappa shape index (κ1) is 20.5. The molecule has 0 atom stereocenters. The molecule has 0 saturated carbocycles. The number of likely N-dealkylation sites (tertiary alicyclic amines) is 1. The van der Waals surface area contributed by atoms with Gasteiger partial charge in [0.2, 0.25) is 11.8 Å². The highest BCUT2D eigenvalue weighted by Crippen LogP contribution is 2.30. The van der Waals surface area contributed by atoms with Crippen LogP contribution in [0.15, 0.2) is 29.6 Å². The molecule has 1 aromatic heterocycles. The lowest BCUT2D eigenvalue weighted by molar-refractivity contribution is -0.131. The minimum atomic E-state index is 0.0817. The first-order valence-electron chi connectivity index (χ1n) is 10.1. The third kappa shape index (κ3) is 5.41. The van der Waals surface area contributed by atoms with Crippen LogP contribution in [0.2, 0.25) is 0 Å². The Balaban J connectivity index is 1.47. The molecular weight excluding hydrogens is 370 g/mol. The molecule has 1 aliphatic rings.